The zero-order valence-corrected chi connectivity index (χ0v) is 10.7. The molecular formula is C6H14O3SZn. The van der Waals surface area contributed by atoms with Crippen molar-refractivity contribution >= 4 is 10.1 Å². The Bertz CT molecular complexity index is 165. The van der Waals surface area contributed by atoms with E-state index in [1.54, 1.807) is 0 Å². The molecule has 0 amide bonds. The third kappa shape index (κ3) is 13.5. The van der Waals surface area contributed by atoms with Gasteiger partial charge in [-0.15, -0.1) is 0 Å². The topological polar surface area (TPSA) is 54.4 Å². The van der Waals surface area contributed by atoms with E-state index in [0.29, 0.717) is 6.42 Å². The summed E-state index contributed by atoms with van der Waals surface area (Å²) >= 11 is 0. The van der Waals surface area contributed by atoms with Crippen LogP contribution in [-0.2, 0) is 29.6 Å². The average molecular weight is 232 g/mol. The summed E-state index contributed by atoms with van der Waals surface area (Å²) < 4.78 is 28.6. The molecule has 0 aliphatic rings. The van der Waals surface area contributed by atoms with Crippen molar-refractivity contribution in [1.82, 2.24) is 0 Å². The zero-order chi connectivity index (χ0) is 8.04. The number of rotatable bonds is 5. The summed E-state index contributed by atoms with van der Waals surface area (Å²) in [7, 11) is -3.70. The van der Waals surface area contributed by atoms with E-state index in [2.05, 4.69) is 0 Å². The maximum Gasteiger partial charge on any atom is 0.264 e. The molecule has 0 radical (unpaired) electrons. The normalized spacial score (nSPS) is 10.7. The van der Waals surface area contributed by atoms with Crippen LogP contribution >= 0.6 is 0 Å². The van der Waals surface area contributed by atoms with Crippen LogP contribution in [0.1, 0.15) is 32.6 Å². The van der Waals surface area contributed by atoms with E-state index in [1.807, 2.05) is 6.92 Å². The molecule has 0 spiro atoms. The largest absolute Gasteiger partial charge is 0.286 e. The van der Waals surface area contributed by atoms with Crippen molar-refractivity contribution in [2.24, 2.45) is 0 Å². The first kappa shape index (κ1) is 14.1. The molecule has 0 aromatic heterocycles. The Morgan fingerprint density at radius 3 is 2.09 bits per heavy atom. The minimum absolute atomic E-state index is 0. The van der Waals surface area contributed by atoms with E-state index in [1.165, 1.54) is 0 Å². The smallest absolute Gasteiger partial charge is 0.264 e. The van der Waals surface area contributed by atoms with Gasteiger partial charge in [0, 0.05) is 19.5 Å². The molecule has 0 aliphatic carbocycles. The average Bonchev–Trinajstić information content (AvgIpc) is 1.78. The molecule has 0 saturated carbocycles. The summed E-state index contributed by atoms with van der Waals surface area (Å²) in [5, 5.41) is 0. The molecule has 11 heavy (non-hydrogen) atoms. The van der Waals surface area contributed by atoms with E-state index >= 15 is 0 Å². The van der Waals surface area contributed by atoms with Crippen molar-refractivity contribution in [2.45, 2.75) is 32.6 Å². The van der Waals surface area contributed by atoms with Crippen LogP contribution in [-0.4, -0.2) is 18.7 Å². The van der Waals surface area contributed by atoms with Gasteiger partial charge in [-0.05, 0) is 6.42 Å². The molecular weight excluding hydrogens is 218 g/mol. The van der Waals surface area contributed by atoms with Crippen LogP contribution < -0.4 is 0 Å². The van der Waals surface area contributed by atoms with Crippen LogP contribution in [0.25, 0.3) is 0 Å². The molecule has 0 heterocycles. The first-order valence-electron chi connectivity index (χ1n) is 3.51. The summed E-state index contributed by atoms with van der Waals surface area (Å²) in [5.74, 6) is -0.0903. The van der Waals surface area contributed by atoms with Crippen molar-refractivity contribution in [3.63, 3.8) is 0 Å². The van der Waals surface area contributed by atoms with Crippen LogP contribution in [0.3, 0.4) is 0 Å². The molecule has 0 rings (SSSR count). The molecule has 0 aliphatic heterocycles. The first-order valence-corrected chi connectivity index (χ1v) is 5.12. The van der Waals surface area contributed by atoms with Gasteiger partial charge in [0.05, 0.1) is 5.75 Å². The summed E-state index contributed by atoms with van der Waals surface area (Å²) in [4.78, 5) is 0. The molecule has 64 valence electrons. The van der Waals surface area contributed by atoms with Crippen LogP contribution in [0.15, 0.2) is 0 Å². The summed E-state index contributed by atoms with van der Waals surface area (Å²) in [6, 6.07) is 0. The molecule has 0 aromatic carbocycles. The fourth-order valence-corrected chi connectivity index (χ4v) is 1.28. The van der Waals surface area contributed by atoms with Crippen LogP contribution in [0.2, 0.25) is 0 Å². The minimum atomic E-state index is -3.70. The molecule has 0 saturated heterocycles. The maximum absolute atomic E-state index is 10.1. The van der Waals surface area contributed by atoms with Gasteiger partial charge in [-0.3, -0.25) is 4.55 Å². The van der Waals surface area contributed by atoms with Gasteiger partial charge in [-0.25, -0.2) is 0 Å². The third-order valence-corrected chi connectivity index (χ3v) is 2.06. The second-order valence-electron chi connectivity index (χ2n) is 2.35. The van der Waals surface area contributed by atoms with Gasteiger partial charge in [-0.2, -0.15) is 8.42 Å². The maximum atomic E-state index is 10.1. The van der Waals surface area contributed by atoms with Crippen LogP contribution in [0.5, 0.6) is 0 Å². The van der Waals surface area contributed by atoms with Gasteiger partial charge in [-0.1, -0.05) is 26.2 Å². The molecule has 1 N–H and O–H groups in total. The summed E-state index contributed by atoms with van der Waals surface area (Å²) in [5.41, 5.74) is 0. The van der Waals surface area contributed by atoms with Gasteiger partial charge in [0.25, 0.3) is 10.1 Å². The second-order valence-corrected chi connectivity index (χ2v) is 3.92. The number of hydrogen-bond acceptors (Lipinski definition) is 2. The van der Waals surface area contributed by atoms with Gasteiger partial charge in [0.2, 0.25) is 0 Å². The Labute approximate surface area is 81.1 Å². The Morgan fingerprint density at radius 1 is 1.18 bits per heavy atom. The predicted octanol–water partition coefficient (Wildman–Crippen LogP) is 1.45. The Morgan fingerprint density at radius 2 is 1.73 bits per heavy atom. The van der Waals surface area contributed by atoms with Crippen molar-refractivity contribution in [3.05, 3.63) is 0 Å². The zero-order valence-electron chi connectivity index (χ0n) is 6.91. The van der Waals surface area contributed by atoms with E-state index in [4.69, 9.17) is 4.55 Å². The minimum Gasteiger partial charge on any atom is -0.286 e. The molecule has 3 nitrogen and oxygen atoms in total. The van der Waals surface area contributed by atoms with Crippen molar-refractivity contribution in [1.29, 1.82) is 0 Å². The van der Waals surface area contributed by atoms with Gasteiger partial charge in [0.1, 0.15) is 0 Å². The molecule has 0 bridgehead atoms. The van der Waals surface area contributed by atoms with Crippen molar-refractivity contribution in [2.75, 3.05) is 5.75 Å². The fourth-order valence-electron chi connectivity index (χ4n) is 0.711. The second kappa shape index (κ2) is 7.20. The SMILES string of the molecule is CCCCCCS(=O)(=O)O.[Zn]. The molecule has 0 atom stereocenters. The number of unbranched alkanes of at least 4 members (excludes halogenated alkanes) is 3. The first-order chi connectivity index (χ1) is 4.56. The van der Waals surface area contributed by atoms with Gasteiger partial charge < -0.3 is 0 Å². The van der Waals surface area contributed by atoms with Crippen molar-refractivity contribution < 1.29 is 32.4 Å². The van der Waals surface area contributed by atoms with E-state index in [9.17, 15) is 8.42 Å². The molecule has 0 aromatic rings. The Hall–Kier alpha value is 0.533. The molecule has 0 fully saturated rings. The standard InChI is InChI=1S/C6H14O3S.Zn/c1-2-3-4-5-6-10(7,8)9;/h2-6H2,1H3,(H,7,8,9);. The van der Waals surface area contributed by atoms with Crippen LogP contribution in [0, 0.1) is 0 Å². The van der Waals surface area contributed by atoms with E-state index in [-0.39, 0.29) is 25.2 Å². The summed E-state index contributed by atoms with van der Waals surface area (Å²) in [6.07, 6.45) is 3.57. The van der Waals surface area contributed by atoms with E-state index in [0.717, 1.165) is 19.3 Å². The third-order valence-electron chi connectivity index (χ3n) is 1.26. The van der Waals surface area contributed by atoms with Crippen molar-refractivity contribution in [3.8, 4) is 0 Å². The Kier molecular flexibility index (Phi) is 9.21. The van der Waals surface area contributed by atoms with Crippen LogP contribution in [0.4, 0.5) is 0 Å². The summed E-state index contributed by atoms with van der Waals surface area (Å²) in [6.45, 7) is 2.05. The van der Waals surface area contributed by atoms with E-state index < -0.39 is 10.1 Å². The Balaban J connectivity index is 0. The fraction of sp³-hybridized carbons (Fsp3) is 1.00. The van der Waals surface area contributed by atoms with Gasteiger partial charge >= 0.3 is 0 Å². The molecule has 0 unspecified atom stereocenters. The monoisotopic (exact) mass is 230 g/mol. The predicted molar refractivity (Wildman–Crippen MR) is 40.6 cm³/mol. The quantitative estimate of drug-likeness (QED) is 0.443. The molecule has 5 heteroatoms. The van der Waals surface area contributed by atoms with Gasteiger partial charge in [0.15, 0.2) is 0 Å². The number of hydrogen-bond donors (Lipinski definition) is 1.